The van der Waals surface area contributed by atoms with Gasteiger partial charge in [0.1, 0.15) is 5.60 Å². The smallest absolute Gasteiger partial charge is 0.410 e. The Kier molecular flexibility index (Phi) is 4.65. The Hall–Kier alpha value is -0.740. The van der Waals surface area contributed by atoms with Gasteiger partial charge in [0.2, 0.25) is 0 Å². The van der Waals surface area contributed by atoms with Crippen molar-refractivity contribution in [3.05, 3.63) is 33.3 Å². The summed E-state index contributed by atoms with van der Waals surface area (Å²) in [6.45, 7) is 7.00. The molecule has 0 N–H and O–H groups in total. The van der Waals surface area contributed by atoms with Crippen molar-refractivity contribution in [1.29, 1.82) is 0 Å². The van der Waals surface area contributed by atoms with Crippen LogP contribution in [0.1, 0.15) is 38.7 Å². The molecule has 20 heavy (non-hydrogen) atoms. The molecule has 1 aromatic carbocycles. The first-order valence-corrected chi connectivity index (χ1v) is 7.87. The van der Waals surface area contributed by atoms with Crippen molar-refractivity contribution in [2.75, 3.05) is 13.1 Å². The van der Waals surface area contributed by atoms with E-state index in [1.807, 2.05) is 39.0 Å². The van der Waals surface area contributed by atoms with Crippen LogP contribution in [0.15, 0.2) is 22.7 Å². The molecule has 1 aliphatic rings. The van der Waals surface area contributed by atoms with Crippen molar-refractivity contribution in [3.8, 4) is 0 Å². The lowest BCUT2D eigenvalue weighted by molar-refractivity contribution is 0.0292. The van der Waals surface area contributed by atoms with Crippen LogP contribution in [-0.2, 0) is 4.74 Å². The molecule has 110 valence electrons. The molecule has 0 aliphatic carbocycles. The van der Waals surface area contributed by atoms with Crippen LogP contribution in [0.2, 0.25) is 5.02 Å². The zero-order valence-corrected chi connectivity index (χ0v) is 14.3. The highest BCUT2D eigenvalue weighted by Crippen LogP contribution is 2.36. The van der Waals surface area contributed by atoms with Crippen LogP contribution in [0.4, 0.5) is 4.79 Å². The molecule has 0 aromatic heterocycles. The van der Waals surface area contributed by atoms with Crippen LogP contribution in [0.5, 0.6) is 0 Å². The van der Waals surface area contributed by atoms with Crippen LogP contribution in [0, 0.1) is 0 Å². The molecule has 0 radical (unpaired) electrons. The van der Waals surface area contributed by atoms with E-state index in [9.17, 15) is 4.79 Å². The van der Waals surface area contributed by atoms with Gasteiger partial charge in [0, 0.05) is 23.5 Å². The van der Waals surface area contributed by atoms with Crippen LogP contribution in [0.3, 0.4) is 0 Å². The highest BCUT2D eigenvalue weighted by atomic mass is 79.9. The summed E-state index contributed by atoms with van der Waals surface area (Å²) in [6.07, 6.45) is 0.668. The van der Waals surface area contributed by atoms with E-state index in [1.54, 1.807) is 4.90 Å². The highest BCUT2D eigenvalue weighted by Gasteiger charge is 2.31. The number of nitrogens with zero attached hydrogens (tertiary/aromatic N) is 1. The largest absolute Gasteiger partial charge is 0.444 e. The summed E-state index contributed by atoms with van der Waals surface area (Å²) in [5, 5.41) is 0.739. The summed E-state index contributed by atoms with van der Waals surface area (Å²) in [5.74, 6) is 0.271. The van der Waals surface area contributed by atoms with E-state index >= 15 is 0 Å². The van der Waals surface area contributed by atoms with Crippen molar-refractivity contribution in [2.45, 2.75) is 38.7 Å². The fourth-order valence-corrected chi connectivity index (χ4v) is 3.00. The summed E-state index contributed by atoms with van der Waals surface area (Å²) in [5.41, 5.74) is 0.634. The van der Waals surface area contributed by atoms with Crippen molar-refractivity contribution >= 4 is 33.6 Å². The summed E-state index contributed by atoms with van der Waals surface area (Å²) < 4.78 is 6.30. The second-order valence-corrected chi connectivity index (χ2v) is 7.29. The summed E-state index contributed by atoms with van der Waals surface area (Å²) in [7, 11) is 0. The third-order valence-electron chi connectivity index (χ3n) is 3.26. The Morgan fingerprint density at radius 1 is 1.45 bits per heavy atom. The third kappa shape index (κ3) is 3.67. The Labute approximate surface area is 133 Å². The van der Waals surface area contributed by atoms with Gasteiger partial charge in [0.15, 0.2) is 0 Å². The first-order chi connectivity index (χ1) is 9.28. The van der Waals surface area contributed by atoms with Crippen LogP contribution in [0.25, 0.3) is 0 Å². The normalized spacial score (nSPS) is 19.2. The number of carbonyl (C=O) groups excluding carboxylic acids is 1. The quantitative estimate of drug-likeness (QED) is 0.718. The van der Waals surface area contributed by atoms with Crippen molar-refractivity contribution < 1.29 is 9.53 Å². The summed E-state index contributed by atoms with van der Waals surface area (Å²) in [4.78, 5) is 13.8. The number of hydrogen-bond acceptors (Lipinski definition) is 2. The first-order valence-electron chi connectivity index (χ1n) is 6.70. The fourth-order valence-electron chi connectivity index (χ4n) is 2.34. The molecule has 1 unspecified atom stereocenters. The predicted molar refractivity (Wildman–Crippen MR) is 84.3 cm³/mol. The number of ether oxygens (including phenoxy) is 1. The van der Waals surface area contributed by atoms with Gasteiger partial charge >= 0.3 is 6.09 Å². The fraction of sp³-hybridized carbons (Fsp3) is 0.533. The molecular formula is C15H19BrClNO2. The average Bonchev–Trinajstić information content (AvgIpc) is 2.80. The lowest BCUT2D eigenvalue weighted by atomic mass is 9.98. The van der Waals surface area contributed by atoms with Gasteiger partial charge in [-0.3, -0.25) is 0 Å². The molecular weight excluding hydrogens is 342 g/mol. The van der Waals surface area contributed by atoms with E-state index in [2.05, 4.69) is 15.9 Å². The molecule has 3 nitrogen and oxygen atoms in total. The molecule has 0 spiro atoms. The Bertz CT molecular complexity index is 513. The Morgan fingerprint density at radius 3 is 2.80 bits per heavy atom. The van der Waals surface area contributed by atoms with Crippen LogP contribution < -0.4 is 0 Å². The van der Waals surface area contributed by atoms with Crippen molar-refractivity contribution in [1.82, 2.24) is 4.90 Å². The van der Waals surface area contributed by atoms with Gasteiger partial charge in [-0.25, -0.2) is 4.79 Å². The number of hydrogen-bond donors (Lipinski definition) is 0. The zero-order chi connectivity index (χ0) is 14.9. The molecule has 1 amide bonds. The topological polar surface area (TPSA) is 29.5 Å². The van der Waals surface area contributed by atoms with Crippen LogP contribution >= 0.6 is 27.5 Å². The van der Waals surface area contributed by atoms with E-state index in [0.29, 0.717) is 13.1 Å². The Balaban J connectivity index is 2.06. The molecule has 1 fully saturated rings. The maximum atomic E-state index is 12.1. The van der Waals surface area contributed by atoms with E-state index < -0.39 is 5.60 Å². The second kappa shape index (κ2) is 5.94. The van der Waals surface area contributed by atoms with E-state index in [0.717, 1.165) is 21.5 Å². The lowest BCUT2D eigenvalue weighted by Crippen LogP contribution is -2.35. The molecule has 1 aromatic rings. The van der Waals surface area contributed by atoms with Crippen molar-refractivity contribution in [3.63, 3.8) is 0 Å². The first kappa shape index (κ1) is 15.6. The number of benzene rings is 1. The monoisotopic (exact) mass is 359 g/mol. The molecule has 1 aliphatic heterocycles. The number of amides is 1. The second-order valence-electron chi connectivity index (χ2n) is 6.06. The van der Waals surface area contributed by atoms with Gasteiger partial charge < -0.3 is 9.64 Å². The molecule has 5 heteroatoms. The molecule has 0 saturated carbocycles. The molecule has 1 saturated heterocycles. The molecule has 1 heterocycles. The zero-order valence-electron chi connectivity index (χ0n) is 12.0. The Morgan fingerprint density at radius 2 is 2.15 bits per heavy atom. The van der Waals surface area contributed by atoms with Crippen molar-refractivity contribution in [2.24, 2.45) is 0 Å². The van der Waals surface area contributed by atoms with Gasteiger partial charge in [-0.05, 0) is 54.8 Å². The number of carbonyl (C=O) groups is 1. The van der Waals surface area contributed by atoms with E-state index in [1.165, 1.54) is 0 Å². The standard InChI is InChI=1S/C15H19BrClNO2/c1-15(2,3)20-14(19)18-8-7-10(9-18)11-5-4-6-12(16)13(11)17/h4-6,10H,7-9H2,1-3H3. The average molecular weight is 361 g/mol. The van der Waals surface area contributed by atoms with Gasteiger partial charge in [-0.15, -0.1) is 0 Å². The minimum Gasteiger partial charge on any atom is -0.444 e. The van der Waals surface area contributed by atoms with E-state index in [4.69, 9.17) is 16.3 Å². The van der Waals surface area contributed by atoms with Gasteiger partial charge in [-0.2, -0.15) is 0 Å². The summed E-state index contributed by atoms with van der Waals surface area (Å²) >= 11 is 9.77. The number of likely N-dealkylation sites (tertiary alicyclic amines) is 1. The van der Waals surface area contributed by atoms with Gasteiger partial charge in [-0.1, -0.05) is 23.7 Å². The maximum absolute atomic E-state index is 12.1. The predicted octanol–water partition coefficient (Wildman–Crippen LogP) is 4.83. The van der Waals surface area contributed by atoms with Crippen LogP contribution in [-0.4, -0.2) is 29.7 Å². The van der Waals surface area contributed by atoms with Gasteiger partial charge in [0.25, 0.3) is 0 Å². The van der Waals surface area contributed by atoms with E-state index in [-0.39, 0.29) is 12.0 Å². The minimum absolute atomic E-state index is 0.244. The summed E-state index contributed by atoms with van der Waals surface area (Å²) in [6, 6.07) is 5.92. The third-order valence-corrected chi connectivity index (χ3v) is 4.57. The lowest BCUT2D eigenvalue weighted by Gasteiger charge is -2.24. The molecule has 2 rings (SSSR count). The van der Waals surface area contributed by atoms with Gasteiger partial charge in [0.05, 0.1) is 5.02 Å². The highest BCUT2D eigenvalue weighted by molar-refractivity contribution is 9.10. The molecule has 0 bridgehead atoms. The minimum atomic E-state index is -0.456. The number of rotatable bonds is 1. The number of halogens is 2. The maximum Gasteiger partial charge on any atom is 0.410 e. The molecule has 1 atom stereocenters. The SMILES string of the molecule is CC(C)(C)OC(=O)N1CCC(c2cccc(Br)c2Cl)C1.